The molecule has 0 aliphatic heterocycles. The second-order valence-corrected chi connectivity index (χ2v) is 8.07. The lowest BCUT2D eigenvalue weighted by Crippen LogP contribution is -2.13. The van der Waals surface area contributed by atoms with E-state index in [1.54, 1.807) is 6.07 Å². The molecule has 1 unspecified atom stereocenters. The minimum Gasteiger partial charge on any atom is -0.481 e. The summed E-state index contributed by atoms with van der Waals surface area (Å²) in [5, 5.41) is 18.6. The van der Waals surface area contributed by atoms with Crippen LogP contribution in [0.1, 0.15) is 29.5 Å². The number of hydrogen-bond donors (Lipinski definition) is 1. The third kappa shape index (κ3) is 6.17. The molecule has 0 fully saturated rings. The van der Waals surface area contributed by atoms with E-state index >= 15 is 0 Å². The summed E-state index contributed by atoms with van der Waals surface area (Å²) in [6.07, 6.45) is 5.70. The Kier molecular flexibility index (Phi) is 7.59. The predicted octanol–water partition coefficient (Wildman–Crippen LogP) is 6.72. The molecule has 0 amide bonds. The molecule has 0 saturated heterocycles. The summed E-state index contributed by atoms with van der Waals surface area (Å²) in [6.45, 7) is 0. The fourth-order valence-corrected chi connectivity index (χ4v) is 3.52. The Hall–Kier alpha value is -3.16. The number of benzene rings is 3. The van der Waals surface area contributed by atoms with Crippen molar-refractivity contribution in [1.82, 2.24) is 0 Å². The molecule has 0 saturated carbocycles. The van der Waals surface area contributed by atoms with Gasteiger partial charge in [0.15, 0.2) is 0 Å². The number of aliphatic carboxylic acids is 1. The van der Waals surface area contributed by atoms with Crippen molar-refractivity contribution < 1.29 is 9.90 Å². The lowest BCUT2D eigenvalue weighted by molar-refractivity contribution is -0.141. The largest absolute Gasteiger partial charge is 0.481 e. The Bertz CT molecular complexity index is 1060. The summed E-state index contributed by atoms with van der Waals surface area (Å²) in [5.41, 5.74) is 4.85. The van der Waals surface area contributed by atoms with E-state index in [0.29, 0.717) is 24.8 Å². The van der Waals surface area contributed by atoms with Crippen LogP contribution in [0.4, 0.5) is 0 Å². The number of nitrogens with zero attached hydrogens (tertiary/aromatic N) is 1. The topological polar surface area (TPSA) is 61.1 Å². The summed E-state index contributed by atoms with van der Waals surface area (Å²) in [7, 11) is 0. The van der Waals surface area contributed by atoms with E-state index in [4.69, 9.17) is 5.26 Å². The number of allylic oxidation sites excluding steroid dienone is 1. The Balaban J connectivity index is 1.58. The number of carbonyl (C=O) groups is 1. The molecular weight excluding hydrogens is 438 g/mol. The van der Waals surface area contributed by atoms with E-state index in [9.17, 15) is 9.90 Å². The van der Waals surface area contributed by atoms with Crippen LogP contribution in [-0.2, 0) is 11.2 Å². The second-order valence-electron chi connectivity index (χ2n) is 7.15. The maximum absolute atomic E-state index is 11.6. The Morgan fingerprint density at radius 1 is 1.03 bits per heavy atom. The van der Waals surface area contributed by atoms with Gasteiger partial charge in [0.2, 0.25) is 0 Å². The molecule has 0 heterocycles. The lowest BCUT2D eigenvalue weighted by Gasteiger charge is -2.10. The van der Waals surface area contributed by atoms with Crippen molar-refractivity contribution in [2.75, 3.05) is 0 Å². The highest BCUT2D eigenvalue weighted by Gasteiger charge is 2.15. The fourth-order valence-electron chi connectivity index (χ4n) is 3.26. The average Bonchev–Trinajstić information content (AvgIpc) is 2.77. The van der Waals surface area contributed by atoms with E-state index in [0.717, 1.165) is 26.7 Å². The maximum Gasteiger partial charge on any atom is 0.306 e. The highest BCUT2D eigenvalue weighted by atomic mass is 79.9. The maximum atomic E-state index is 11.6. The summed E-state index contributed by atoms with van der Waals surface area (Å²) in [5.74, 6) is -1.18. The molecule has 150 valence electrons. The standard InChI is InChI=1S/C26H22BrNO2/c27-25-15-10-19(11-16-25)3-1-5-23(26(29)30)14-9-20-7-12-22(13-8-20)24-6-2-4-21(17-24)18-28/h1-4,6-8,10-13,15-17,23H,5,9,14H2,(H,29,30)/b3-1+. The van der Waals surface area contributed by atoms with E-state index in [1.165, 1.54) is 0 Å². The van der Waals surface area contributed by atoms with Crippen LogP contribution in [0.25, 0.3) is 17.2 Å². The Labute approximate surface area is 185 Å². The fraction of sp³-hybridized carbons (Fsp3) is 0.154. The van der Waals surface area contributed by atoms with Crippen LogP contribution in [-0.4, -0.2) is 11.1 Å². The number of nitriles is 1. The minimum atomic E-state index is -0.764. The molecule has 0 radical (unpaired) electrons. The van der Waals surface area contributed by atoms with Crippen molar-refractivity contribution in [3.8, 4) is 17.2 Å². The van der Waals surface area contributed by atoms with E-state index in [2.05, 4.69) is 22.0 Å². The summed E-state index contributed by atoms with van der Waals surface area (Å²) < 4.78 is 1.02. The van der Waals surface area contributed by atoms with Crippen molar-refractivity contribution in [1.29, 1.82) is 5.26 Å². The molecule has 0 spiro atoms. The highest BCUT2D eigenvalue weighted by molar-refractivity contribution is 9.10. The quantitative estimate of drug-likeness (QED) is 0.406. The molecule has 1 N–H and O–H groups in total. The first-order valence-corrected chi connectivity index (χ1v) is 10.6. The van der Waals surface area contributed by atoms with Crippen LogP contribution in [0.3, 0.4) is 0 Å². The van der Waals surface area contributed by atoms with Gasteiger partial charge in [-0.25, -0.2) is 0 Å². The first-order valence-electron chi connectivity index (χ1n) is 9.79. The predicted molar refractivity (Wildman–Crippen MR) is 124 cm³/mol. The van der Waals surface area contributed by atoms with Gasteiger partial charge >= 0.3 is 5.97 Å². The smallest absolute Gasteiger partial charge is 0.306 e. The summed E-state index contributed by atoms with van der Waals surface area (Å²) in [4.78, 5) is 11.6. The molecule has 3 nitrogen and oxygen atoms in total. The molecule has 0 aliphatic rings. The van der Waals surface area contributed by atoms with Crippen LogP contribution in [0.15, 0.2) is 83.3 Å². The zero-order valence-electron chi connectivity index (χ0n) is 16.5. The van der Waals surface area contributed by atoms with Crippen LogP contribution < -0.4 is 0 Å². The molecule has 4 heteroatoms. The molecule has 0 bridgehead atoms. The number of rotatable bonds is 8. The van der Waals surface area contributed by atoms with Crippen molar-refractivity contribution in [2.45, 2.75) is 19.3 Å². The first-order chi connectivity index (χ1) is 14.5. The Morgan fingerprint density at radius 3 is 2.43 bits per heavy atom. The van der Waals surface area contributed by atoms with Crippen LogP contribution in [0.5, 0.6) is 0 Å². The minimum absolute atomic E-state index is 0.413. The molecule has 3 aromatic carbocycles. The van der Waals surface area contributed by atoms with Crippen molar-refractivity contribution in [2.24, 2.45) is 5.92 Å². The number of carboxylic acids is 1. The van der Waals surface area contributed by atoms with Gasteiger partial charge < -0.3 is 5.11 Å². The molecule has 0 aliphatic carbocycles. The zero-order valence-corrected chi connectivity index (χ0v) is 18.0. The normalized spacial score (nSPS) is 11.9. The zero-order chi connectivity index (χ0) is 21.3. The third-order valence-electron chi connectivity index (χ3n) is 5.01. The van der Waals surface area contributed by atoms with E-state index < -0.39 is 11.9 Å². The second kappa shape index (κ2) is 10.6. The van der Waals surface area contributed by atoms with Crippen molar-refractivity contribution >= 4 is 28.0 Å². The molecule has 3 rings (SSSR count). The van der Waals surface area contributed by atoms with Crippen LogP contribution >= 0.6 is 15.9 Å². The van der Waals surface area contributed by atoms with Gasteiger partial charge in [-0.15, -0.1) is 0 Å². The summed E-state index contributed by atoms with van der Waals surface area (Å²) >= 11 is 3.41. The summed E-state index contributed by atoms with van der Waals surface area (Å²) in [6, 6.07) is 25.7. The lowest BCUT2D eigenvalue weighted by atomic mass is 9.95. The van der Waals surface area contributed by atoms with Gasteiger partial charge in [-0.3, -0.25) is 4.79 Å². The van der Waals surface area contributed by atoms with Gasteiger partial charge in [0, 0.05) is 4.47 Å². The van der Waals surface area contributed by atoms with Gasteiger partial charge in [0.05, 0.1) is 17.6 Å². The Morgan fingerprint density at radius 2 is 1.77 bits per heavy atom. The monoisotopic (exact) mass is 459 g/mol. The number of carboxylic acid groups (broad SMARTS) is 1. The van der Waals surface area contributed by atoms with Gasteiger partial charge in [-0.2, -0.15) is 5.26 Å². The molecule has 1 atom stereocenters. The molecule has 30 heavy (non-hydrogen) atoms. The van der Waals surface area contributed by atoms with Gasteiger partial charge in [-0.05, 0) is 65.8 Å². The average molecular weight is 460 g/mol. The SMILES string of the molecule is N#Cc1cccc(-c2ccc(CCC(C/C=C/c3ccc(Br)cc3)C(=O)O)cc2)c1. The molecular formula is C26H22BrNO2. The van der Waals surface area contributed by atoms with Gasteiger partial charge in [0.25, 0.3) is 0 Å². The third-order valence-corrected chi connectivity index (χ3v) is 5.54. The number of halogens is 1. The number of aryl methyl sites for hydroxylation is 1. The highest BCUT2D eigenvalue weighted by Crippen LogP contribution is 2.22. The molecule has 3 aromatic rings. The van der Waals surface area contributed by atoms with E-state index in [-0.39, 0.29) is 0 Å². The van der Waals surface area contributed by atoms with Crippen LogP contribution in [0.2, 0.25) is 0 Å². The van der Waals surface area contributed by atoms with E-state index in [1.807, 2.05) is 78.9 Å². The number of hydrogen-bond acceptors (Lipinski definition) is 2. The first kappa shape index (κ1) is 21.5. The molecule has 0 aromatic heterocycles. The van der Waals surface area contributed by atoms with Crippen molar-refractivity contribution in [3.63, 3.8) is 0 Å². The van der Waals surface area contributed by atoms with Gasteiger partial charge in [-0.1, -0.05) is 76.6 Å². The van der Waals surface area contributed by atoms with Crippen molar-refractivity contribution in [3.05, 3.63) is 100 Å². The van der Waals surface area contributed by atoms with Crippen LogP contribution in [0, 0.1) is 17.2 Å². The van der Waals surface area contributed by atoms with Gasteiger partial charge in [0.1, 0.15) is 0 Å².